The molecule has 0 aliphatic heterocycles. The summed E-state index contributed by atoms with van der Waals surface area (Å²) in [5, 5.41) is 0. The van der Waals surface area contributed by atoms with Gasteiger partial charge >= 0.3 is 0 Å². The first kappa shape index (κ1) is 14.4. The summed E-state index contributed by atoms with van der Waals surface area (Å²) >= 11 is 0. The quantitative estimate of drug-likeness (QED) is 0.880. The summed E-state index contributed by atoms with van der Waals surface area (Å²) in [6.07, 6.45) is 7.95. The third-order valence-corrected chi connectivity index (χ3v) is 4.29. The van der Waals surface area contributed by atoms with Gasteiger partial charge in [-0.3, -0.25) is 0 Å². The Morgan fingerprint density at radius 3 is 2.26 bits per heavy atom. The van der Waals surface area contributed by atoms with E-state index in [0.717, 1.165) is 29.7 Å². The van der Waals surface area contributed by atoms with Crippen LogP contribution in [-0.2, 0) is 6.42 Å². The first-order valence-electron chi connectivity index (χ1n) is 7.87. The molecule has 0 amide bonds. The first-order valence-corrected chi connectivity index (χ1v) is 7.87. The predicted octanol–water partition coefficient (Wildman–Crippen LogP) is 4.29. The lowest BCUT2D eigenvalue weighted by atomic mass is 9.86. The number of hydrogen-bond donors (Lipinski definition) is 1. The van der Waals surface area contributed by atoms with Gasteiger partial charge in [0, 0.05) is 12.0 Å². The molecule has 1 fully saturated rings. The maximum atomic E-state index is 6.36. The van der Waals surface area contributed by atoms with E-state index in [2.05, 4.69) is 32.3 Å². The van der Waals surface area contributed by atoms with E-state index in [9.17, 15) is 0 Å². The molecule has 0 saturated heterocycles. The van der Waals surface area contributed by atoms with E-state index >= 15 is 0 Å². The SMILES string of the molecule is CC(C)c1nc(CC2CCCCC2)c(N)n1C(C)C. The zero-order valence-corrected chi connectivity index (χ0v) is 12.9. The lowest BCUT2D eigenvalue weighted by molar-refractivity contribution is 0.355. The minimum Gasteiger partial charge on any atom is -0.384 e. The molecule has 3 heteroatoms. The Kier molecular flexibility index (Phi) is 4.54. The van der Waals surface area contributed by atoms with Gasteiger partial charge in [-0.05, 0) is 26.2 Å². The summed E-state index contributed by atoms with van der Waals surface area (Å²) in [7, 11) is 0. The standard InChI is InChI=1S/C16H29N3/c1-11(2)16-18-14(15(17)19(16)12(3)4)10-13-8-6-5-7-9-13/h11-13H,5-10,17H2,1-4H3. The lowest BCUT2D eigenvalue weighted by Crippen LogP contribution is -2.12. The number of nitrogen functional groups attached to an aromatic ring is 1. The second-order valence-corrected chi connectivity index (χ2v) is 6.63. The maximum Gasteiger partial charge on any atom is 0.127 e. The van der Waals surface area contributed by atoms with Crippen LogP contribution in [0.4, 0.5) is 5.82 Å². The van der Waals surface area contributed by atoms with Gasteiger partial charge in [-0.2, -0.15) is 0 Å². The molecule has 2 N–H and O–H groups in total. The molecule has 0 spiro atoms. The molecule has 1 aromatic heterocycles. The Balaban J connectivity index is 2.22. The topological polar surface area (TPSA) is 43.8 Å². The highest BCUT2D eigenvalue weighted by Crippen LogP contribution is 2.31. The number of anilines is 1. The van der Waals surface area contributed by atoms with Gasteiger partial charge in [-0.15, -0.1) is 0 Å². The van der Waals surface area contributed by atoms with Gasteiger partial charge in [0.2, 0.25) is 0 Å². The Hall–Kier alpha value is -0.990. The Morgan fingerprint density at radius 2 is 1.79 bits per heavy atom. The summed E-state index contributed by atoms with van der Waals surface area (Å²) in [6.45, 7) is 8.78. The summed E-state index contributed by atoms with van der Waals surface area (Å²) in [5.41, 5.74) is 7.50. The van der Waals surface area contributed by atoms with E-state index in [1.165, 1.54) is 32.1 Å². The van der Waals surface area contributed by atoms with Crippen LogP contribution < -0.4 is 5.73 Å². The van der Waals surface area contributed by atoms with Crippen LogP contribution in [0, 0.1) is 5.92 Å². The second-order valence-electron chi connectivity index (χ2n) is 6.63. The minimum absolute atomic E-state index is 0.394. The smallest absolute Gasteiger partial charge is 0.127 e. The van der Waals surface area contributed by atoms with Gasteiger partial charge in [0.15, 0.2) is 0 Å². The van der Waals surface area contributed by atoms with E-state index in [1.807, 2.05) is 0 Å². The third kappa shape index (κ3) is 3.13. The lowest BCUT2D eigenvalue weighted by Gasteiger charge is -2.20. The monoisotopic (exact) mass is 263 g/mol. The molecule has 0 atom stereocenters. The van der Waals surface area contributed by atoms with Crippen molar-refractivity contribution in [1.29, 1.82) is 0 Å². The van der Waals surface area contributed by atoms with Crippen molar-refractivity contribution in [1.82, 2.24) is 9.55 Å². The van der Waals surface area contributed by atoms with E-state index in [4.69, 9.17) is 10.7 Å². The fraction of sp³-hybridized carbons (Fsp3) is 0.812. The van der Waals surface area contributed by atoms with Crippen LogP contribution in [0.5, 0.6) is 0 Å². The third-order valence-electron chi connectivity index (χ3n) is 4.29. The van der Waals surface area contributed by atoms with Crippen molar-refractivity contribution in [2.45, 2.75) is 78.2 Å². The zero-order valence-electron chi connectivity index (χ0n) is 12.9. The van der Waals surface area contributed by atoms with Crippen molar-refractivity contribution in [2.75, 3.05) is 5.73 Å². The molecule has 1 heterocycles. The molecule has 1 aliphatic carbocycles. The van der Waals surface area contributed by atoms with E-state index < -0.39 is 0 Å². The molecule has 0 aromatic carbocycles. The van der Waals surface area contributed by atoms with Crippen LogP contribution in [0.15, 0.2) is 0 Å². The molecule has 3 nitrogen and oxygen atoms in total. The van der Waals surface area contributed by atoms with Crippen molar-refractivity contribution in [3.8, 4) is 0 Å². The van der Waals surface area contributed by atoms with E-state index in [1.54, 1.807) is 0 Å². The van der Waals surface area contributed by atoms with Crippen LogP contribution in [0.3, 0.4) is 0 Å². The van der Waals surface area contributed by atoms with Crippen LogP contribution in [-0.4, -0.2) is 9.55 Å². The molecule has 1 aromatic rings. The molecule has 2 rings (SSSR count). The number of hydrogen-bond acceptors (Lipinski definition) is 2. The number of rotatable bonds is 4. The van der Waals surface area contributed by atoms with Crippen molar-refractivity contribution < 1.29 is 0 Å². The summed E-state index contributed by atoms with van der Waals surface area (Å²) in [4.78, 5) is 4.86. The molecular formula is C16H29N3. The minimum atomic E-state index is 0.394. The van der Waals surface area contributed by atoms with Crippen molar-refractivity contribution in [2.24, 2.45) is 5.92 Å². The van der Waals surface area contributed by atoms with Crippen LogP contribution in [0.2, 0.25) is 0 Å². The van der Waals surface area contributed by atoms with Gasteiger partial charge in [0.05, 0.1) is 5.69 Å². The highest BCUT2D eigenvalue weighted by molar-refractivity contribution is 5.40. The second kappa shape index (κ2) is 5.98. The number of nitrogens with two attached hydrogens (primary N) is 1. The Bertz CT molecular complexity index is 412. The number of aromatic nitrogens is 2. The fourth-order valence-corrected chi connectivity index (χ4v) is 3.28. The molecule has 19 heavy (non-hydrogen) atoms. The van der Waals surface area contributed by atoms with Crippen molar-refractivity contribution in [3.05, 3.63) is 11.5 Å². The average Bonchev–Trinajstić information content (AvgIpc) is 2.68. The van der Waals surface area contributed by atoms with Crippen LogP contribution in [0.1, 0.15) is 83.3 Å². The fourth-order valence-electron chi connectivity index (χ4n) is 3.28. The molecule has 0 unspecified atom stereocenters. The molecule has 1 saturated carbocycles. The normalized spacial score (nSPS) is 17.6. The maximum absolute atomic E-state index is 6.36. The van der Waals surface area contributed by atoms with E-state index in [0.29, 0.717) is 12.0 Å². The molecule has 1 aliphatic rings. The van der Waals surface area contributed by atoms with Gasteiger partial charge < -0.3 is 10.3 Å². The predicted molar refractivity (Wildman–Crippen MR) is 81.4 cm³/mol. The van der Waals surface area contributed by atoms with Crippen molar-refractivity contribution in [3.63, 3.8) is 0 Å². The summed E-state index contributed by atoms with van der Waals surface area (Å²) in [5.74, 6) is 3.29. The number of nitrogens with zero attached hydrogens (tertiary/aromatic N) is 2. The molecule has 0 radical (unpaired) electrons. The van der Waals surface area contributed by atoms with Gasteiger partial charge in [-0.25, -0.2) is 4.98 Å². The van der Waals surface area contributed by atoms with Gasteiger partial charge in [-0.1, -0.05) is 46.0 Å². The van der Waals surface area contributed by atoms with Crippen LogP contribution >= 0.6 is 0 Å². The van der Waals surface area contributed by atoms with Crippen molar-refractivity contribution >= 4 is 5.82 Å². The Labute approximate surface area is 117 Å². The van der Waals surface area contributed by atoms with Gasteiger partial charge in [0.25, 0.3) is 0 Å². The average molecular weight is 263 g/mol. The largest absolute Gasteiger partial charge is 0.384 e. The van der Waals surface area contributed by atoms with Gasteiger partial charge in [0.1, 0.15) is 11.6 Å². The molecular weight excluding hydrogens is 234 g/mol. The van der Waals surface area contributed by atoms with Crippen LogP contribution in [0.25, 0.3) is 0 Å². The van der Waals surface area contributed by atoms with E-state index in [-0.39, 0.29) is 0 Å². The zero-order chi connectivity index (χ0) is 14.0. The highest BCUT2D eigenvalue weighted by Gasteiger charge is 2.22. The highest BCUT2D eigenvalue weighted by atomic mass is 15.2. The molecule has 0 bridgehead atoms. The molecule has 108 valence electrons. The Morgan fingerprint density at radius 1 is 1.16 bits per heavy atom. The summed E-state index contributed by atoms with van der Waals surface area (Å²) in [6, 6.07) is 0.394. The number of imidazole rings is 1. The summed E-state index contributed by atoms with van der Waals surface area (Å²) < 4.78 is 2.23. The first-order chi connectivity index (χ1) is 9.00.